The van der Waals surface area contributed by atoms with E-state index in [4.69, 9.17) is 9.52 Å². The quantitative estimate of drug-likeness (QED) is 0.257. The Morgan fingerprint density at radius 3 is 2.17 bits per heavy atom. The Labute approximate surface area is 236 Å². The Balaban J connectivity index is 1.79. The highest BCUT2D eigenvalue weighted by molar-refractivity contribution is 5.94. The molecule has 1 saturated carbocycles. The molecule has 1 aromatic heterocycles. The molecular formula is C32H36F3NO5. The predicted octanol–water partition coefficient (Wildman–Crippen LogP) is 6.94. The summed E-state index contributed by atoms with van der Waals surface area (Å²) < 4.78 is 46.7. The van der Waals surface area contributed by atoms with Crippen molar-refractivity contribution in [2.24, 2.45) is 5.92 Å². The second-order valence-corrected chi connectivity index (χ2v) is 10.9. The van der Waals surface area contributed by atoms with Crippen LogP contribution in [0.1, 0.15) is 91.4 Å². The number of aryl methyl sites for hydroxylation is 1. The topological polar surface area (TPSA) is 96.6 Å². The van der Waals surface area contributed by atoms with Crippen molar-refractivity contribution in [1.82, 2.24) is 5.32 Å². The number of benzene rings is 2. The molecule has 2 aromatic carbocycles. The van der Waals surface area contributed by atoms with Gasteiger partial charge in [0.15, 0.2) is 0 Å². The van der Waals surface area contributed by atoms with Gasteiger partial charge in [0.05, 0.1) is 12.3 Å². The third kappa shape index (κ3) is 6.49. The first-order chi connectivity index (χ1) is 19.5. The molecule has 41 heavy (non-hydrogen) atoms. The Bertz CT molecular complexity index is 1450. The fourth-order valence-corrected chi connectivity index (χ4v) is 6.15. The van der Waals surface area contributed by atoms with Crippen LogP contribution in [0.2, 0.25) is 0 Å². The molecule has 4 rings (SSSR count). The maximum atomic E-state index is 13.7. The van der Waals surface area contributed by atoms with Crippen LogP contribution < -0.4 is 10.9 Å². The van der Waals surface area contributed by atoms with Crippen molar-refractivity contribution < 1.29 is 32.3 Å². The molecule has 1 fully saturated rings. The van der Waals surface area contributed by atoms with E-state index in [9.17, 15) is 27.6 Å². The number of hydrogen-bond donors (Lipinski definition) is 2. The normalized spacial score (nSPS) is 19.3. The van der Waals surface area contributed by atoms with Crippen LogP contribution in [0.5, 0.6) is 0 Å². The number of carboxylic acids is 1. The number of nitrogens with one attached hydrogen (secondary N) is 1. The molecule has 0 unspecified atom stereocenters. The van der Waals surface area contributed by atoms with Gasteiger partial charge in [-0.3, -0.25) is 9.59 Å². The van der Waals surface area contributed by atoms with E-state index in [0.29, 0.717) is 29.6 Å². The molecular weight excluding hydrogens is 535 g/mol. The highest BCUT2D eigenvalue weighted by Crippen LogP contribution is 2.50. The van der Waals surface area contributed by atoms with Gasteiger partial charge in [0.1, 0.15) is 5.58 Å². The summed E-state index contributed by atoms with van der Waals surface area (Å²) in [6.07, 6.45) is -1.07. The zero-order valence-electron chi connectivity index (χ0n) is 23.4. The summed E-state index contributed by atoms with van der Waals surface area (Å²) in [5, 5.41) is 12.2. The second-order valence-electron chi connectivity index (χ2n) is 10.9. The molecule has 1 amide bonds. The number of alkyl halides is 3. The summed E-state index contributed by atoms with van der Waals surface area (Å²) in [6, 6.07) is 12.4. The van der Waals surface area contributed by atoms with E-state index in [1.54, 1.807) is 30.3 Å². The number of carbonyl (C=O) groups is 2. The largest absolute Gasteiger partial charge is 0.481 e. The summed E-state index contributed by atoms with van der Waals surface area (Å²) in [6.45, 7) is 4.03. The Morgan fingerprint density at radius 2 is 1.59 bits per heavy atom. The summed E-state index contributed by atoms with van der Waals surface area (Å²) in [4.78, 5) is 36.0. The van der Waals surface area contributed by atoms with E-state index in [1.165, 1.54) is 0 Å². The van der Waals surface area contributed by atoms with Crippen molar-refractivity contribution in [1.29, 1.82) is 0 Å². The van der Waals surface area contributed by atoms with Gasteiger partial charge in [0, 0.05) is 28.5 Å². The lowest BCUT2D eigenvalue weighted by atomic mass is 9.62. The third-order valence-corrected chi connectivity index (χ3v) is 8.30. The number of aliphatic carboxylic acids is 1. The summed E-state index contributed by atoms with van der Waals surface area (Å²) >= 11 is 0. The van der Waals surface area contributed by atoms with Crippen LogP contribution in [-0.4, -0.2) is 29.7 Å². The van der Waals surface area contributed by atoms with E-state index in [2.05, 4.69) is 5.32 Å². The minimum absolute atomic E-state index is 0.00792. The standard InChI is InChI=1S/C32H36F3NO5/c1-3-5-24-25(6-4-2)30(40)41-27-12-11-23(19-26(24)27)31(16-13-22(14-17-31)32(33,34)35)21-9-7-20(8-10-21)29(39)36-18-15-28(37)38/h7-12,19,22H,3-6,13-18H2,1-2H3,(H,36,39)(H,37,38). The maximum absolute atomic E-state index is 13.7. The zero-order chi connectivity index (χ0) is 29.8. The van der Waals surface area contributed by atoms with Gasteiger partial charge in [-0.25, -0.2) is 4.79 Å². The molecule has 0 spiro atoms. The summed E-state index contributed by atoms with van der Waals surface area (Å²) in [5.74, 6) is -2.81. The van der Waals surface area contributed by atoms with Gasteiger partial charge in [-0.2, -0.15) is 13.2 Å². The molecule has 0 bridgehead atoms. The van der Waals surface area contributed by atoms with Gasteiger partial charge >= 0.3 is 17.8 Å². The Hall–Kier alpha value is -3.62. The highest BCUT2D eigenvalue weighted by atomic mass is 19.4. The minimum Gasteiger partial charge on any atom is -0.481 e. The Morgan fingerprint density at radius 1 is 0.976 bits per heavy atom. The van der Waals surface area contributed by atoms with Crippen LogP contribution in [0, 0.1) is 5.92 Å². The SMILES string of the molecule is CCCc1c(CCC)c2cc(C3(c4ccc(C(=O)NCCC(=O)O)cc4)CCC(C(F)(F)F)CC3)ccc2oc1=O. The number of amides is 1. The fourth-order valence-electron chi connectivity index (χ4n) is 6.15. The van der Waals surface area contributed by atoms with Crippen molar-refractivity contribution in [2.45, 2.75) is 83.2 Å². The molecule has 0 radical (unpaired) electrons. The van der Waals surface area contributed by atoms with Gasteiger partial charge in [-0.05, 0) is 79.5 Å². The number of halogens is 3. The smallest absolute Gasteiger partial charge is 0.391 e. The van der Waals surface area contributed by atoms with E-state index in [1.807, 2.05) is 26.0 Å². The lowest BCUT2D eigenvalue weighted by Gasteiger charge is -2.42. The van der Waals surface area contributed by atoms with Gasteiger partial charge in [0.2, 0.25) is 0 Å². The molecule has 0 atom stereocenters. The van der Waals surface area contributed by atoms with Crippen molar-refractivity contribution in [3.05, 3.63) is 80.7 Å². The molecule has 1 heterocycles. The van der Waals surface area contributed by atoms with Crippen LogP contribution in [0.3, 0.4) is 0 Å². The molecule has 1 aliphatic rings. The molecule has 2 N–H and O–H groups in total. The third-order valence-electron chi connectivity index (χ3n) is 8.30. The lowest BCUT2D eigenvalue weighted by molar-refractivity contribution is -0.184. The van der Waals surface area contributed by atoms with Gasteiger partial charge < -0.3 is 14.8 Å². The van der Waals surface area contributed by atoms with E-state index >= 15 is 0 Å². The van der Waals surface area contributed by atoms with E-state index < -0.39 is 29.4 Å². The monoisotopic (exact) mass is 571 g/mol. The molecule has 9 heteroatoms. The molecule has 1 aliphatic carbocycles. The predicted molar refractivity (Wildman–Crippen MR) is 150 cm³/mol. The zero-order valence-corrected chi connectivity index (χ0v) is 23.4. The van der Waals surface area contributed by atoms with Crippen molar-refractivity contribution in [3.63, 3.8) is 0 Å². The number of rotatable bonds is 10. The number of carbonyl (C=O) groups excluding carboxylic acids is 1. The summed E-state index contributed by atoms with van der Waals surface area (Å²) in [5.41, 5.74) is 3.01. The molecule has 6 nitrogen and oxygen atoms in total. The van der Waals surface area contributed by atoms with E-state index in [0.717, 1.165) is 34.9 Å². The fraction of sp³-hybridized carbons (Fsp3) is 0.469. The van der Waals surface area contributed by atoms with Gasteiger partial charge in [0.25, 0.3) is 5.91 Å². The van der Waals surface area contributed by atoms with Crippen LogP contribution in [0.4, 0.5) is 13.2 Å². The highest BCUT2D eigenvalue weighted by Gasteiger charge is 2.47. The maximum Gasteiger partial charge on any atom is 0.391 e. The molecule has 3 aromatic rings. The number of fused-ring (bicyclic) bond motifs is 1. The molecule has 0 saturated heterocycles. The van der Waals surface area contributed by atoms with Crippen LogP contribution in [-0.2, 0) is 23.1 Å². The summed E-state index contributed by atoms with van der Waals surface area (Å²) in [7, 11) is 0. The first-order valence-electron chi connectivity index (χ1n) is 14.3. The van der Waals surface area contributed by atoms with Gasteiger partial charge in [-0.15, -0.1) is 0 Å². The Kier molecular flexibility index (Phi) is 9.24. The second kappa shape index (κ2) is 12.5. The van der Waals surface area contributed by atoms with Crippen molar-refractivity contribution in [3.8, 4) is 0 Å². The first-order valence-corrected chi connectivity index (χ1v) is 14.3. The molecule has 220 valence electrons. The number of hydrogen-bond acceptors (Lipinski definition) is 4. The van der Waals surface area contributed by atoms with Crippen molar-refractivity contribution in [2.75, 3.05) is 6.54 Å². The number of carboxylic acid groups (broad SMARTS) is 1. The van der Waals surface area contributed by atoms with Crippen LogP contribution in [0.25, 0.3) is 11.0 Å². The first kappa shape index (κ1) is 30.3. The average Bonchev–Trinajstić information content (AvgIpc) is 2.94. The van der Waals surface area contributed by atoms with Crippen LogP contribution in [0.15, 0.2) is 51.7 Å². The lowest BCUT2D eigenvalue weighted by Crippen LogP contribution is -2.37. The minimum atomic E-state index is -4.26. The van der Waals surface area contributed by atoms with Crippen LogP contribution >= 0.6 is 0 Å². The molecule has 0 aliphatic heterocycles. The van der Waals surface area contributed by atoms with E-state index in [-0.39, 0.29) is 44.3 Å². The average molecular weight is 572 g/mol. The van der Waals surface area contributed by atoms with Crippen molar-refractivity contribution >= 4 is 22.8 Å². The van der Waals surface area contributed by atoms with Gasteiger partial charge in [-0.1, -0.05) is 44.9 Å².